The van der Waals surface area contributed by atoms with Gasteiger partial charge in [0, 0.05) is 13.7 Å². The van der Waals surface area contributed by atoms with E-state index in [4.69, 9.17) is 4.74 Å². The molecule has 6 heteroatoms. The molecule has 0 N–H and O–H groups in total. The van der Waals surface area contributed by atoms with Gasteiger partial charge in [0.05, 0.1) is 18.8 Å². The van der Waals surface area contributed by atoms with E-state index in [1.165, 1.54) is 0 Å². The molecule has 0 spiro atoms. The molecule has 2 aromatic heterocycles. The van der Waals surface area contributed by atoms with Crippen molar-refractivity contribution in [2.24, 2.45) is 7.05 Å². The van der Waals surface area contributed by atoms with Crippen molar-refractivity contribution in [1.82, 2.24) is 19.3 Å². The number of nitrogens with zero attached hydrogens (tertiary/aromatic N) is 4. The van der Waals surface area contributed by atoms with Gasteiger partial charge < -0.3 is 4.74 Å². The van der Waals surface area contributed by atoms with Gasteiger partial charge in [0.1, 0.15) is 11.7 Å². The summed E-state index contributed by atoms with van der Waals surface area (Å²) in [6.45, 7) is 1.37. The number of ether oxygens (including phenoxy) is 1. The predicted molar refractivity (Wildman–Crippen MR) is 61.7 cm³/mol. The SMILES string of the molecule is Cn1ncc2c(=O)n(CC3CCCO3)cnc21. The lowest BCUT2D eigenvalue weighted by Gasteiger charge is -2.10. The first-order valence-electron chi connectivity index (χ1n) is 5.74. The zero-order valence-corrected chi connectivity index (χ0v) is 9.67. The average molecular weight is 234 g/mol. The van der Waals surface area contributed by atoms with Crippen LogP contribution in [0.1, 0.15) is 12.8 Å². The van der Waals surface area contributed by atoms with E-state index in [2.05, 4.69) is 10.1 Å². The summed E-state index contributed by atoms with van der Waals surface area (Å²) >= 11 is 0. The maximum Gasteiger partial charge on any atom is 0.264 e. The topological polar surface area (TPSA) is 61.9 Å². The maximum atomic E-state index is 12.1. The number of aromatic nitrogens is 4. The van der Waals surface area contributed by atoms with E-state index < -0.39 is 0 Å². The minimum absolute atomic E-state index is 0.0430. The fraction of sp³-hybridized carbons (Fsp3) is 0.545. The van der Waals surface area contributed by atoms with Crippen LogP contribution in [-0.4, -0.2) is 32.0 Å². The molecule has 1 saturated heterocycles. The van der Waals surface area contributed by atoms with E-state index in [0.717, 1.165) is 19.4 Å². The van der Waals surface area contributed by atoms with Crippen molar-refractivity contribution in [3.8, 4) is 0 Å². The van der Waals surface area contributed by atoms with Crippen molar-refractivity contribution in [3.05, 3.63) is 22.9 Å². The minimum Gasteiger partial charge on any atom is -0.376 e. The largest absolute Gasteiger partial charge is 0.376 e. The van der Waals surface area contributed by atoms with E-state index in [1.54, 1.807) is 28.8 Å². The van der Waals surface area contributed by atoms with E-state index in [-0.39, 0.29) is 11.7 Å². The summed E-state index contributed by atoms with van der Waals surface area (Å²) in [7, 11) is 1.78. The molecule has 3 rings (SSSR count). The second-order valence-corrected chi connectivity index (χ2v) is 4.34. The highest BCUT2D eigenvalue weighted by atomic mass is 16.5. The van der Waals surface area contributed by atoms with Gasteiger partial charge in [-0.2, -0.15) is 5.10 Å². The molecule has 0 saturated carbocycles. The Hall–Kier alpha value is -1.69. The highest BCUT2D eigenvalue weighted by molar-refractivity contribution is 5.72. The molecule has 0 radical (unpaired) electrons. The second-order valence-electron chi connectivity index (χ2n) is 4.34. The molecule has 0 bridgehead atoms. The van der Waals surface area contributed by atoms with E-state index in [0.29, 0.717) is 17.6 Å². The second kappa shape index (κ2) is 3.96. The van der Waals surface area contributed by atoms with Gasteiger partial charge in [-0.15, -0.1) is 0 Å². The Morgan fingerprint density at radius 2 is 2.47 bits per heavy atom. The van der Waals surface area contributed by atoms with Gasteiger partial charge in [0.2, 0.25) is 0 Å². The summed E-state index contributed by atoms with van der Waals surface area (Å²) in [6.07, 6.45) is 5.37. The number of hydrogen-bond donors (Lipinski definition) is 0. The van der Waals surface area contributed by atoms with Crippen LogP contribution in [0.5, 0.6) is 0 Å². The Morgan fingerprint density at radius 3 is 3.24 bits per heavy atom. The lowest BCUT2D eigenvalue weighted by Crippen LogP contribution is -2.26. The van der Waals surface area contributed by atoms with Gasteiger partial charge in [0.15, 0.2) is 5.65 Å². The van der Waals surface area contributed by atoms with Crippen LogP contribution >= 0.6 is 0 Å². The third-order valence-electron chi connectivity index (χ3n) is 3.14. The normalized spacial score (nSPS) is 20.2. The zero-order chi connectivity index (χ0) is 11.8. The Kier molecular flexibility index (Phi) is 2.44. The molecule has 2 aromatic rings. The van der Waals surface area contributed by atoms with E-state index >= 15 is 0 Å². The van der Waals surface area contributed by atoms with Crippen LogP contribution in [0.15, 0.2) is 17.3 Å². The van der Waals surface area contributed by atoms with Gasteiger partial charge in [-0.05, 0) is 12.8 Å². The standard InChI is InChI=1S/C11H14N4O2/c1-14-10-9(5-13-14)11(16)15(7-12-10)6-8-3-2-4-17-8/h5,7-8H,2-4,6H2,1H3. The van der Waals surface area contributed by atoms with Crippen LogP contribution in [0.25, 0.3) is 11.0 Å². The lowest BCUT2D eigenvalue weighted by molar-refractivity contribution is 0.0960. The van der Waals surface area contributed by atoms with Crippen molar-refractivity contribution >= 4 is 11.0 Å². The molecule has 0 aromatic carbocycles. The maximum absolute atomic E-state index is 12.1. The molecule has 90 valence electrons. The molecule has 1 aliphatic rings. The molecule has 17 heavy (non-hydrogen) atoms. The summed E-state index contributed by atoms with van der Waals surface area (Å²) in [5, 5.41) is 4.60. The number of aryl methyl sites for hydroxylation is 1. The van der Waals surface area contributed by atoms with Crippen molar-refractivity contribution in [2.75, 3.05) is 6.61 Å². The van der Waals surface area contributed by atoms with Crippen LogP contribution in [0.4, 0.5) is 0 Å². The first-order valence-corrected chi connectivity index (χ1v) is 5.74. The highest BCUT2D eigenvalue weighted by Gasteiger charge is 2.17. The van der Waals surface area contributed by atoms with Crippen LogP contribution in [-0.2, 0) is 18.3 Å². The Bertz CT molecular complexity index is 595. The van der Waals surface area contributed by atoms with Gasteiger partial charge in [-0.1, -0.05) is 0 Å². The molecule has 1 unspecified atom stereocenters. The molecule has 6 nitrogen and oxygen atoms in total. The first-order chi connectivity index (χ1) is 8.25. The van der Waals surface area contributed by atoms with Crippen molar-refractivity contribution in [3.63, 3.8) is 0 Å². The molecule has 3 heterocycles. The fourth-order valence-corrected chi connectivity index (χ4v) is 2.20. The number of hydrogen-bond acceptors (Lipinski definition) is 4. The summed E-state index contributed by atoms with van der Waals surface area (Å²) in [6, 6.07) is 0. The number of fused-ring (bicyclic) bond motifs is 1. The summed E-state index contributed by atoms with van der Waals surface area (Å²) in [4.78, 5) is 16.4. The van der Waals surface area contributed by atoms with Crippen molar-refractivity contribution in [2.45, 2.75) is 25.5 Å². The van der Waals surface area contributed by atoms with Gasteiger partial charge in [0.25, 0.3) is 5.56 Å². The van der Waals surface area contributed by atoms with Gasteiger partial charge >= 0.3 is 0 Å². The zero-order valence-electron chi connectivity index (χ0n) is 9.67. The fourth-order valence-electron chi connectivity index (χ4n) is 2.20. The molecule has 0 amide bonds. The summed E-state index contributed by atoms with van der Waals surface area (Å²) in [5.41, 5.74) is 0.581. The lowest BCUT2D eigenvalue weighted by atomic mass is 10.2. The highest BCUT2D eigenvalue weighted by Crippen LogP contribution is 2.13. The summed E-state index contributed by atoms with van der Waals surface area (Å²) in [5.74, 6) is 0. The van der Waals surface area contributed by atoms with Crippen molar-refractivity contribution < 1.29 is 4.74 Å². The number of rotatable bonds is 2. The van der Waals surface area contributed by atoms with Gasteiger partial charge in [-0.3, -0.25) is 14.0 Å². The molecule has 1 fully saturated rings. The Balaban J connectivity index is 1.99. The quantitative estimate of drug-likeness (QED) is 0.750. The third-order valence-corrected chi connectivity index (χ3v) is 3.14. The van der Waals surface area contributed by atoms with Crippen LogP contribution in [0, 0.1) is 0 Å². The molecule has 1 aliphatic heterocycles. The minimum atomic E-state index is -0.0430. The van der Waals surface area contributed by atoms with E-state index in [1.807, 2.05) is 0 Å². The van der Waals surface area contributed by atoms with Crippen molar-refractivity contribution in [1.29, 1.82) is 0 Å². The van der Waals surface area contributed by atoms with E-state index in [9.17, 15) is 4.79 Å². The predicted octanol–water partition coefficient (Wildman–Crippen LogP) is 0.309. The smallest absolute Gasteiger partial charge is 0.264 e. The van der Waals surface area contributed by atoms with Crippen LogP contribution in [0.2, 0.25) is 0 Å². The molecule has 0 aliphatic carbocycles. The van der Waals surface area contributed by atoms with Crippen LogP contribution < -0.4 is 5.56 Å². The first kappa shape index (κ1) is 10.5. The molecular weight excluding hydrogens is 220 g/mol. The molecular formula is C11H14N4O2. The molecule has 1 atom stereocenters. The Labute approximate surface area is 97.8 Å². The van der Waals surface area contributed by atoms with Gasteiger partial charge in [-0.25, -0.2) is 4.98 Å². The Morgan fingerprint density at radius 1 is 1.59 bits per heavy atom. The third kappa shape index (κ3) is 1.74. The monoisotopic (exact) mass is 234 g/mol. The summed E-state index contributed by atoms with van der Waals surface area (Å²) < 4.78 is 8.74. The average Bonchev–Trinajstić information content (AvgIpc) is 2.93. The van der Waals surface area contributed by atoms with Crippen LogP contribution in [0.3, 0.4) is 0 Å².